The van der Waals surface area contributed by atoms with Gasteiger partial charge in [-0.15, -0.1) is 11.3 Å². The molecular weight excluding hydrogens is 254 g/mol. The number of aromatic nitrogens is 1. The fourth-order valence-electron chi connectivity index (χ4n) is 1.92. The van der Waals surface area contributed by atoms with Crippen molar-refractivity contribution < 1.29 is 0 Å². The number of aryl methyl sites for hydroxylation is 1. The Morgan fingerprint density at radius 1 is 1.32 bits per heavy atom. The minimum absolute atomic E-state index is 0.399. The lowest BCUT2D eigenvalue weighted by Gasteiger charge is -2.26. The number of anilines is 2. The summed E-state index contributed by atoms with van der Waals surface area (Å²) in [5, 5.41) is 3.22. The summed E-state index contributed by atoms with van der Waals surface area (Å²) in [5.74, 6) is 0. The van der Waals surface area contributed by atoms with Gasteiger partial charge in [0.05, 0.1) is 5.69 Å². The molecule has 0 unspecified atom stereocenters. The van der Waals surface area contributed by atoms with Crippen LogP contribution in [0.2, 0.25) is 0 Å². The van der Waals surface area contributed by atoms with E-state index in [-0.39, 0.29) is 0 Å². The molecule has 102 valence electrons. The molecule has 0 saturated carbocycles. The molecule has 0 fully saturated rings. The Labute approximate surface area is 119 Å². The van der Waals surface area contributed by atoms with Gasteiger partial charge in [0.1, 0.15) is 0 Å². The van der Waals surface area contributed by atoms with Gasteiger partial charge in [-0.05, 0) is 31.9 Å². The number of hydrogen-bond donors (Lipinski definition) is 1. The fraction of sp³-hybridized carbons (Fsp3) is 0.400. The van der Waals surface area contributed by atoms with Crippen molar-refractivity contribution in [2.24, 2.45) is 0 Å². The van der Waals surface area contributed by atoms with Crippen LogP contribution >= 0.6 is 11.3 Å². The van der Waals surface area contributed by atoms with Gasteiger partial charge in [-0.25, -0.2) is 4.98 Å². The zero-order valence-corrected chi connectivity index (χ0v) is 12.6. The van der Waals surface area contributed by atoms with Crippen LogP contribution in [0.25, 0.3) is 0 Å². The van der Waals surface area contributed by atoms with E-state index in [1.165, 1.54) is 0 Å². The highest BCUT2D eigenvalue weighted by atomic mass is 32.1. The van der Waals surface area contributed by atoms with Crippen molar-refractivity contribution >= 4 is 22.2 Å². The van der Waals surface area contributed by atoms with Crippen LogP contribution < -0.4 is 10.6 Å². The largest absolute Gasteiger partial charge is 0.398 e. The lowest BCUT2D eigenvalue weighted by Crippen LogP contribution is -2.30. The highest BCUT2D eigenvalue weighted by Crippen LogP contribution is 2.26. The van der Waals surface area contributed by atoms with Crippen LogP contribution in [0.4, 0.5) is 10.8 Å². The summed E-state index contributed by atoms with van der Waals surface area (Å²) in [6.45, 7) is 7.31. The van der Waals surface area contributed by atoms with Gasteiger partial charge in [-0.3, -0.25) is 0 Å². The molecular formula is C15H21N3S. The lowest BCUT2D eigenvalue weighted by atomic mass is 10.1. The van der Waals surface area contributed by atoms with Crippen LogP contribution in [-0.4, -0.2) is 11.0 Å². The first kappa shape index (κ1) is 13.9. The number of thiazole rings is 1. The van der Waals surface area contributed by atoms with Crippen LogP contribution in [0.3, 0.4) is 0 Å². The highest BCUT2D eigenvalue weighted by Gasteiger charge is 2.15. The molecule has 0 spiro atoms. The van der Waals surface area contributed by atoms with E-state index in [4.69, 9.17) is 5.73 Å². The molecule has 19 heavy (non-hydrogen) atoms. The molecule has 1 heterocycles. The molecule has 0 aliphatic heterocycles. The zero-order valence-electron chi connectivity index (χ0n) is 11.8. The number of rotatable bonds is 5. The van der Waals surface area contributed by atoms with E-state index >= 15 is 0 Å². The van der Waals surface area contributed by atoms with E-state index in [1.54, 1.807) is 11.3 Å². The van der Waals surface area contributed by atoms with E-state index in [0.29, 0.717) is 6.04 Å². The van der Waals surface area contributed by atoms with Gasteiger partial charge in [-0.1, -0.05) is 25.1 Å². The third-order valence-corrected chi connectivity index (χ3v) is 4.09. The molecule has 0 atom stereocenters. The van der Waals surface area contributed by atoms with Crippen molar-refractivity contribution in [3.8, 4) is 0 Å². The minimum Gasteiger partial charge on any atom is -0.398 e. The normalized spacial score (nSPS) is 10.9. The van der Waals surface area contributed by atoms with E-state index in [2.05, 4.69) is 42.1 Å². The van der Waals surface area contributed by atoms with E-state index < -0.39 is 0 Å². The number of hydrogen-bond acceptors (Lipinski definition) is 4. The predicted molar refractivity (Wildman–Crippen MR) is 83.7 cm³/mol. The topological polar surface area (TPSA) is 42.1 Å². The number of para-hydroxylation sites is 1. The Bertz CT molecular complexity index is 534. The number of benzene rings is 1. The number of nitrogens with zero attached hydrogens (tertiary/aromatic N) is 2. The molecule has 0 radical (unpaired) electrons. The first-order valence-electron chi connectivity index (χ1n) is 6.66. The van der Waals surface area contributed by atoms with Gasteiger partial charge in [0.15, 0.2) is 5.13 Å². The van der Waals surface area contributed by atoms with Crippen LogP contribution in [0.5, 0.6) is 0 Å². The summed E-state index contributed by atoms with van der Waals surface area (Å²) >= 11 is 1.71. The second kappa shape index (κ2) is 6.06. The second-order valence-corrected chi connectivity index (χ2v) is 5.73. The van der Waals surface area contributed by atoms with Crippen molar-refractivity contribution in [3.05, 3.63) is 40.9 Å². The fourth-order valence-corrected chi connectivity index (χ4v) is 2.96. The maximum Gasteiger partial charge on any atom is 0.186 e. The Hall–Kier alpha value is -1.55. The maximum atomic E-state index is 6.03. The molecule has 0 aliphatic rings. The molecule has 1 aromatic heterocycles. The average Bonchev–Trinajstić information content (AvgIpc) is 2.86. The number of nitrogen functional groups attached to an aromatic ring is 1. The quantitative estimate of drug-likeness (QED) is 0.846. The zero-order chi connectivity index (χ0) is 13.8. The monoisotopic (exact) mass is 275 g/mol. The van der Waals surface area contributed by atoms with Crippen LogP contribution in [0.1, 0.15) is 32.0 Å². The van der Waals surface area contributed by atoms with E-state index in [0.717, 1.165) is 35.0 Å². The Kier molecular flexibility index (Phi) is 4.43. The van der Waals surface area contributed by atoms with E-state index in [9.17, 15) is 0 Å². The van der Waals surface area contributed by atoms with Crippen molar-refractivity contribution in [1.82, 2.24) is 4.98 Å². The van der Waals surface area contributed by atoms with Crippen LogP contribution in [-0.2, 0) is 13.0 Å². The predicted octanol–water partition coefficient (Wildman–Crippen LogP) is 3.70. The van der Waals surface area contributed by atoms with E-state index in [1.807, 2.05) is 18.2 Å². The van der Waals surface area contributed by atoms with Gasteiger partial charge < -0.3 is 10.6 Å². The number of nitrogens with two attached hydrogens (primary N) is 1. The summed E-state index contributed by atoms with van der Waals surface area (Å²) in [4.78, 5) is 6.98. The van der Waals surface area contributed by atoms with Crippen LogP contribution in [0.15, 0.2) is 29.6 Å². The van der Waals surface area contributed by atoms with Gasteiger partial charge in [0, 0.05) is 23.7 Å². The first-order chi connectivity index (χ1) is 9.11. The standard InChI is InChI=1S/C15H21N3S/c1-4-13-10-19-15(17-13)18(11(2)3)9-12-7-5-6-8-14(12)16/h5-8,10-11H,4,9,16H2,1-3H3. The van der Waals surface area contributed by atoms with Gasteiger partial charge in [0.25, 0.3) is 0 Å². The summed E-state index contributed by atoms with van der Waals surface area (Å²) in [6, 6.07) is 8.43. The summed E-state index contributed by atoms with van der Waals surface area (Å²) in [5.41, 5.74) is 9.20. The molecule has 0 aliphatic carbocycles. The Morgan fingerprint density at radius 2 is 2.05 bits per heavy atom. The minimum atomic E-state index is 0.399. The molecule has 3 nitrogen and oxygen atoms in total. The first-order valence-corrected chi connectivity index (χ1v) is 7.54. The second-order valence-electron chi connectivity index (χ2n) is 4.90. The maximum absolute atomic E-state index is 6.03. The third kappa shape index (κ3) is 3.26. The smallest absolute Gasteiger partial charge is 0.186 e. The lowest BCUT2D eigenvalue weighted by molar-refractivity contribution is 0.679. The Morgan fingerprint density at radius 3 is 2.63 bits per heavy atom. The highest BCUT2D eigenvalue weighted by molar-refractivity contribution is 7.13. The molecule has 0 saturated heterocycles. The van der Waals surface area contributed by atoms with Crippen molar-refractivity contribution in [2.45, 2.75) is 39.8 Å². The molecule has 4 heteroatoms. The summed E-state index contributed by atoms with van der Waals surface area (Å²) in [7, 11) is 0. The Balaban J connectivity index is 2.24. The van der Waals surface area contributed by atoms with Crippen molar-refractivity contribution in [3.63, 3.8) is 0 Å². The molecule has 2 N–H and O–H groups in total. The van der Waals surface area contributed by atoms with Crippen LogP contribution in [0, 0.1) is 0 Å². The van der Waals surface area contributed by atoms with Gasteiger partial charge in [0.2, 0.25) is 0 Å². The third-order valence-electron chi connectivity index (χ3n) is 3.17. The van der Waals surface area contributed by atoms with Crippen molar-refractivity contribution in [2.75, 3.05) is 10.6 Å². The van der Waals surface area contributed by atoms with Crippen molar-refractivity contribution in [1.29, 1.82) is 0 Å². The molecule has 2 rings (SSSR count). The molecule has 1 aromatic carbocycles. The molecule has 0 bridgehead atoms. The van der Waals surface area contributed by atoms with Gasteiger partial charge >= 0.3 is 0 Å². The SMILES string of the molecule is CCc1csc(N(Cc2ccccc2N)C(C)C)n1. The average molecular weight is 275 g/mol. The summed E-state index contributed by atoms with van der Waals surface area (Å²) in [6.07, 6.45) is 0.982. The molecule has 0 amide bonds. The molecule has 2 aromatic rings. The summed E-state index contributed by atoms with van der Waals surface area (Å²) < 4.78 is 0. The van der Waals surface area contributed by atoms with Gasteiger partial charge in [-0.2, -0.15) is 0 Å².